The summed E-state index contributed by atoms with van der Waals surface area (Å²) in [6.45, 7) is 1.46. The van der Waals surface area contributed by atoms with Gasteiger partial charge in [-0.05, 0) is 30.4 Å². The lowest BCUT2D eigenvalue weighted by atomic mass is 9.61. The van der Waals surface area contributed by atoms with Crippen LogP contribution in [0.4, 0.5) is 0 Å². The summed E-state index contributed by atoms with van der Waals surface area (Å²) in [5.41, 5.74) is 2.62. The molecule has 0 aromatic heterocycles. The number of fused-ring (bicyclic) bond motifs is 2. The molecule has 1 saturated carbocycles. The highest BCUT2D eigenvalue weighted by atomic mass is 32.2. The summed E-state index contributed by atoms with van der Waals surface area (Å²) in [5.74, 6) is -0.183. The van der Waals surface area contributed by atoms with Crippen molar-refractivity contribution in [3.05, 3.63) is 35.4 Å². The van der Waals surface area contributed by atoms with Crippen LogP contribution in [0.3, 0.4) is 0 Å². The van der Waals surface area contributed by atoms with E-state index in [0.29, 0.717) is 26.1 Å². The van der Waals surface area contributed by atoms with E-state index in [1.807, 2.05) is 6.07 Å². The summed E-state index contributed by atoms with van der Waals surface area (Å²) in [6, 6.07) is 8.31. The summed E-state index contributed by atoms with van der Waals surface area (Å²) < 4.78 is 31.2. The normalized spacial score (nSPS) is 18.7. The van der Waals surface area contributed by atoms with E-state index >= 15 is 0 Å². The Morgan fingerprint density at radius 1 is 1.32 bits per heavy atom. The van der Waals surface area contributed by atoms with E-state index in [1.165, 1.54) is 24.7 Å². The van der Waals surface area contributed by atoms with E-state index in [-0.39, 0.29) is 23.6 Å². The van der Waals surface area contributed by atoms with Crippen molar-refractivity contribution >= 4 is 15.9 Å². The maximum absolute atomic E-state index is 12.6. The van der Waals surface area contributed by atoms with Crippen LogP contribution in [-0.2, 0) is 31.5 Å². The van der Waals surface area contributed by atoms with Crippen molar-refractivity contribution < 1.29 is 17.9 Å². The number of carbonyl (C=O) groups is 1. The van der Waals surface area contributed by atoms with Crippen LogP contribution in [0.1, 0.15) is 36.8 Å². The second-order valence-electron chi connectivity index (χ2n) is 7.03. The van der Waals surface area contributed by atoms with Crippen molar-refractivity contribution in [2.45, 2.75) is 37.6 Å². The first kappa shape index (κ1) is 18.4. The summed E-state index contributed by atoms with van der Waals surface area (Å²) >= 11 is 0. The fourth-order valence-electron chi connectivity index (χ4n) is 3.84. The largest absolute Gasteiger partial charge is 0.385 e. The SMILES string of the molecule is COCCCS(=O)(=O)NCC(=O)N1Cc2ccccc2C2(CCC2)C1. The van der Waals surface area contributed by atoms with Crippen LogP contribution in [0.25, 0.3) is 0 Å². The minimum absolute atomic E-state index is 0.0269. The number of rotatable bonds is 7. The molecular weight excluding hydrogens is 340 g/mol. The minimum atomic E-state index is -3.45. The molecule has 0 unspecified atom stereocenters. The zero-order chi connectivity index (χ0) is 17.9. The van der Waals surface area contributed by atoms with Gasteiger partial charge in [0.25, 0.3) is 0 Å². The lowest BCUT2D eigenvalue weighted by molar-refractivity contribution is -0.132. The molecule has 0 saturated heterocycles. The lowest BCUT2D eigenvalue weighted by Crippen LogP contribution is -2.53. The number of benzene rings is 1. The van der Waals surface area contributed by atoms with Gasteiger partial charge < -0.3 is 9.64 Å². The Labute approximate surface area is 149 Å². The van der Waals surface area contributed by atoms with E-state index in [2.05, 4.69) is 22.9 Å². The Balaban J connectivity index is 1.62. The van der Waals surface area contributed by atoms with Gasteiger partial charge in [0.1, 0.15) is 0 Å². The van der Waals surface area contributed by atoms with Crippen molar-refractivity contribution in [2.24, 2.45) is 0 Å². The number of nitrogens with zero attached hydrogens (tertiary/aromatic N) is 1. The van der Waals surface area contributed by atoms with Gasteiger partial charge in [0.2, 0.25) is 15.9 Å². The molecule has 1 N–H and O–H groups in total. The van der Waals surface area contributed by atoms with Gasteiger partial charge in [0.05, 0.1) is 12.3 Å². The fraction of sp³-hybridized carbons (Fsp3) is 0.611. The summed E-state index contributed by atoms with van der Waals surface area (Å²) in [6.07, 6.45) is 3.79. The van der Waals surface area contributed by atoms with Gasteiger partial charge in [-0.1, -0.05) is 30.7 Å². The Bertz CT molecular complexity index is 728. The molecule has 1 aliphatic heterocycles. The van der Waals surface area contributed by atoms with E-state index in [1.54, 1.807) is 4.90 Å². The minimum Gasteiger partial charge on any atom is -0.385 e. The van der Waals surface area contributed by atoms with Crippen molar-refractivity contribution in [3.8, 4) is 0 Å². The standard InChI is InChI=1S/C18H26N2O4S/c1-24-10-5-11-25(22,23)19-12-17(21)20-13-15-6-2-3-7-16(15)18(14-20)8-4-9-18/h2-3,6-7,19H,4-5,8-14H2,1H3. The first-order valence-corrected chi connectivity index (χ1v) is 10.4. The molecular formula is C18H26N2O4S. The first-order chi connectivity index (χ1) is 12.0. The van der Waals surface area contributed by atoms with Crippen LogP contribution in [0.5, 0.6) is 0 Å². The Kier molecular flexibility index (Phi) is 5.46. The predicted octanol–water partition coefficient (Wildman–Crippen LogP) is 1.41. The molecule has 3 rings (SSSR count). The molecule has 0 radical (unpaired) electrons. The number of hydrogen-bond acceptors (Lipinski definition) is 4. The van der Waals surface area contributed by atoms with Crippen molar-refractivity contribution in [1.29, 1.82) is 0 Å². The van der Waals surface area contributed by atoms with E-state index < -0.39 is 10.0 Å². The molecule has 1 aliphatic carbocycles. The van der Waals surface area contributed by atoms with Gasteiger partial charge in [-0.3, -0.25) is 4.79 Å². The molecule has 6 nitrogen and oxygen atoms in total. The highest BCUT2D eigenvalue weighted by Crippen LogP contribution is 2.48. The van der Waals surface area contributed by atoms with Crippen LogP contribution in [-0.4, -0.2) is 51.8 Å². The lowest BCUT2D eigenvalue weighted by Gasteiger charge is -2.50. The average Bonchev–Trinajstić information content (AvgIpc) is 2.57. The third-order valence-corrected chi connectivity index (χ3v) is 6.72. The van der Waals surface area contributed by atoms with Gasteiger partial charge >= 0.3 is 0 Å². The van der Waals surface area contributed by atoms with Gasteiger partial charge in [0, 0.05) is 32.2 Å². The second-order valence-corrected chi connectivity index (χ2v) is 8.95. The molecule has 138 valence electrons. The third-order valence-electron chi connectivity index (χ3n) is 5.31. The number of sulfonamides is 1. The van der Waals surface area contributed by atoms with Crippen LogP contribution in [0, 0.1) is 0 Å². The molecule has 25 heavy (non-hydrogen) atoms. The smallest absolute Gasteiger partial charge is 0.237 e. The number of methoxy groups -OCH3 is 1. The average molecular weight is 366 g/mol. The molecule has 1 fully saturated rings. The summed E-state index contributed by atoms with van der Waals surface area (Å²) in [5, 5.41) is 0. The van der Waals surface area contributed by atoms with Crippen molar-refractivity contribution in [1.82, 2.24) is 9.62 Å². The molecule has 2 aliphatic rings. The highest BCUT2D eigenvalue weighted by Gasteiger charge is 2.45. The van der Waals surface area contributed by atoms with E-state index in [4.69, 9.17) is 4.74 Å². The number of carbonyl (C=O) groups excluding carboxylic acids is 1. The zero-order valence-electron chi connectivity index (χ0n) is 14.7. The highest BCUT2D eigenvalue weighted by molar-refractivity contribution is 7.89. The van der Waals surface area contributed by atoms with Gasteiger partial charge in [-0.2, -0.15) is 0 Å². The van der Waals surface area contributed by atoms with E-state index in [0.717, 1.165) is 12.8 Å². The topological polar surface area (TPSA) is 75.7 Å². The third kappa shape index (κ3) is 4.04. The molecule has 1 heterocycles. The quantitative estimate of drug-likeness (QED) is 0.740. The molecule has 1 amide bonds. The van der Waals surface area contributed by atoms with Crippen molar-refractivity contribution in [3.63, 3.8) is 0 Å². The molecule has 1 aromatic rings. The molecule has 1 spiro atoms. The summed E-state index contributed by atoms with van der Waals surface area (Å²) in [4.78, 5) is 14.4. The second kappa shape index (κ2) is 7.43. The number of hydrogen-bond donors (Lipinski definition) is 1. The number of nitrogens with one attached hydrogen (secondary N) is 1. The van der Waals surface area contributed by atoms with Crippen LogP contribution in [0.2, 0.25) is 0 Å². The summed E-state index contributed by atoms with van der Waals surface area (Å²) in [7, 11) is -1.91. The monoisotopic (exact) mass is 366 g/mol. The van der Waals surface area contributed by atoms with Crippen LogP contribution < -0.4 is 4.72 Å². The van der Waals surface area contributed by atoms with Crippen LogP contribution in [0.15, 0.2) is 24.3 Å². The molecule has 0 bridgehead atoms. The van der Waals surface area contributed by atoms with E-state index in [9.17, 15) is 13.2 Å². The first-order valence-electron chi connectivity index (χ1n) is 8.78. The number of ether oxygens (including phenoxy) is 1. The Morgan fingerprint density at radius 2 is 2.08 bits per heavy atom. The van der Waals surface area contributed by atoms with Gasteiger partial charge in [-0.15, -0.1) is 0 Å². The molecule has 1 aromatic carbocycles. The Hall–Kier alpha value is -1.44. The fourth-order valence-corrected chi connectivity index (χ4v) is 4.83. The Morgan fingerprint density at radius 3 is 2.76 bits per heavy atom. The maximum Gasteiger partial charge on any atom is 0.237 e. The zero-order valence-corrected chi connectivity index (χ0v) is 15.5. The van der Waals surface area contributed by atoms with Crippen molar-refractivity contribution in [2.75, 3.05) is 32.6 Å². The number of amides is 1. The molecule has 7 heteroatoms. The van der Waals surface area contributed by atoms with Gasteiger partial charge in [-0.25, -0.2) is 13.1 Å². The maximum atomic E-state index is 12.6. The van der Waals surface area contributed by atoms with Gasteiger partial charge in [0.15, 0.2) is 0 Å². The molecule has 0 atom stereocenters. The van der Waals surface area contributed by atoms with Crippen LogP contribution >= 0.6 is 0 Å². The predicted molar refractivity (Wildman–Crippen MR) is 95.7 cm³/mol.